The van der Waals surface area contributed by atoms with E-state index >= 15 is 0 Å². The Balaban J connectivity index is 2.14. The first-order chi connectivity index (χ1) is 6.36. The van der Waals surface area contributed by atoms with Crippen molar-refractivity contribution < 1.29 is 4.74 Å². The van der Waals surface area contributed by atoms with Crippen molar-refractivity contribution in [2.75, 3.05) is 19.8 Å². The van der Waals surface area contributed by atoms with Crippen molar-refractivity contribution in [3.63, 3.8) is 0 Å². The van der Waals surface area contributed by atoms with Crippen LogP contribution in [0.1, 0.15) is 11.6 Å². The van der Waals surface area contributed by atoms with E-state index in [-0.39, 0.29) is 0 Å². The lowest BCUT2D eigenvalue weighted by molar-refractivity contribution is 0.0768. The molecule has 3 heteroatoms. The zero-order valence-electron chi connectivity index (χ0n) is 7.36. The van der Waals surface area contributed by atoms with Gasteiger partial charge in [0.05, 0.1) is 19.3 Å². The summed E-state index contributed by atoms with van der Waals surface area (Å²) in [5.74, 6) is 0. The second-order valence-electron chi connectivity index (χ2n) is 3.18. The topological polar surface area (TPSA) is 21.3 Å². The molecule has 0 radical (unpaired) electrons. The molecule has 0 saturated carbocycles. The molecule has 0 spiro atoms. The van der Waals surface area contributed by atoms with Crippen LogP contribution in [0.2, 0.25) is 0 Å². The maximum Gasteiger partial charge on any atom is 0.0662 e. The highest BCUT2D eigenvalue weighted by atomic mass is 32.1. The summed E-state index contributed by atoms with van der Waals surface area (Å²) in [5.41, 5.74) is 1.26. The number of thiol groups is 1. The summed E-state index contributed by atoms with van der Waals surface area (Å²) >= 11 is 4.31. The van der Waals surface area contributed by atoms with Gasteiger partial charge >= 0.3 is 0 Å². The van der Waals surface area contributed by atoms with Crippen LogP contribution < -0.4 is 5.32 Å². The van der Waals surface area contributed by atoms with Crippen molar-refractivity contribution in [2.45, 2.75) is 10.9 Å². The van der Waals surface area contributed by atoms with Gasteiger partial charge in [-0.05, 0) is 17.7 Å². The monoisotopic (exact) mass is 195 g/mol. The molecule has 1 aliphatic rings. The molecule has 13 heavy (non-hydrogen) atoms. The highest BCUT2D eigenvalue weighted by Crippen LogP contribution is 2.18. The van der Waals surface area contributed by atoms with Gasteiger partial charge in [0.2, 0.25) is 0 Å². The van der Waals surface area contributed by atoms with Crippen LogP contribution in [0.5, 0.6) is 0 Å². The average molecular weight is 195 g/mol. The van der Waals surface area contributed by atoms with Gasteiger partial charge in [-0.25, -0.2) is 0 Å². The molecule has 1 heterocycles. The first kappa shape index (κ1) is 9.06. The average Bonchev–Trinajstić information content (AvgIpc) is 2.19. The highest BCUT2D eigenvalue weighted by molar-refractivity contribution is 7.80. The van der Waals surface area contributed by atoms with Crippen molar-refractivity contribution in [3.8, 4) is 0 Å². The Kier molecular flexibility index (Phi) is 2.88. The van der Waals surface area contributed by atoms with Crippen molar-refractivity contribution in [1.82, 2.24) is 5.32 Å². The number of morpholine rings is 1. The molecule has 0 aliphatic carbocycles. The van der Waals surface area contributed by atoms with E-state index < -0.39 is 0 Å². The molecule has 70 valence electrons. The molecule has 1 aliphatic heterocycles. The van der Waals surface area contributed by atoms with E-state index in [0.29, 0.717) is 6.04 Å². The van der Waals surface area contributed by atoms with Gasteiger partial charge in [-0.3, -0.25) is 0 Å². The molecule has 2 nitrogen and oxygen atoms in total. The molecule has 0 amide bonds. The number of ether oxygens (including phenoxy) is 1. The van der Waals surface area contributed by atoms with Gasteiger partial charge in [0, 0.05) is 11.4 Å². The number of hydrogen-bond acceptors (Lipinski definition) is 3. The van der Waals surface area contributed by atoms with Gasteiger partial charge in [-0.15, -0.1) is 12.6 Å². The Morgan fingerprint density at radius 1 is 1.46 bits per heavy atom. The molecule has 0 unspecified atom stereocenters. The molecule has 1 N–H and O–H groups in total. The number of hydrogen-bond donors (Lipinski definition) is 2. The molecule has 1 fully saturated rings. The summed E-state index contributed by atoms with van der Waals surface area (Å²) in [6, 6.07) is 8.52. The maximum absolute atomic E-state index is 5.39. The molecule has 1 aromatic rings. The first-order valence-corrected chi connectivity index (χ1v) is 4.91. The lowest BCUT2D eigenvalue weighted by Crippen LogP contribution is -2.34. The quantitative estimate of drug-likeness (QED) is 0.665. The van der Waals surface area contributed by atoms with E-state index in [1.165, 1.54) is 5.56 Å². The minimum atomic E-state index is 0.334. The third kappa shape index (κ3) is 2.24. The van der Waals surface area contributed by atoms with Crippen molar-refractivity contribution in [1.29, 1.82) is 0 Å². The molecule has 2 rings (SSSR count). The zero-order valence-corrected chi connectivity index (χ0v) is 8.26. The summed E-state index contributed by atoms with van der Waals surface area (Å²) in [6.45, 7) is 2.51. The molecule has 1 saturated heterocycles. The first-order valence-electron chi connectivity index (χ1n) is 4.46. The van der Waals surface area contributed by atoms with Crippen LogP contribution in [0.25, 0.3) is 0 Å². The summed E-state index contributed by atoms with van der Waals surface area (Å²) in [7, 11) is 0. The predicted molar refractivity (Wildman–Crippen MR) is 55.3 cm³/mol. The molecule has 1 aromatic carbocycles. The molecule has 0 aromatic heterocycles. The van der Waals surface area contributed by atoms with Crippen molar-refractivity contribution in [3.05, 3.63) is 29.8 Å². The zero-order chi connectivity index (χ0) is 9.10. The largest absolute Gasteiger partial charge is 0.378 e. The standard InChI is InChI=1S/C10H13NOS/c13-9-3-1-2-8(6-9)10-7-12-5-4-11-10/h1-3,6,10-11,13H,4-5,7H2/t10-/m1/s1. The Hall–Kier alpha value is -0.510. The smallest absolute Gasteiger partial charge is 0.0662 e. The fraction of sp³-hybridized carbons (Fsp3) is 0.400. The van der Waals surface area contributed by atoms with Crippen LogP contribution in [0.3, 0.4) is 0 Å². The van der Waals surface area contributed by atoms with Crippen LogP contribution in [0, 0.1) is 0 Å². The third-order valence-electron chi connectivity index (χ3n) is 2.19. The van der Waals surface area contributed by atoms with E-state index in [9.17, 15) is 0 Å². The second kappa shape index (κ2) is 4.13. The maximum atomic E-state index is 5.39. The van der Waals surface area contributed by atoms with Crippen molar-refractivity contribution >= 4 is 12.6 Å². The van der Waals surface area contributed by atoms with Crippen LogP contribution in [-0.2, 0) is 4.74 Å². The van der Waals surface area contributed by atoms with Crippen LogP contribution >= 0.6 is 12.6 Å². The van der Waals surface area contributed by atoms with Crippen LogP contribution in [0.15, 0.2) is 29.2 Å². The molecular weight excluding hydrogens is 182 g/mol. The number of nitrogens with one attached hydrogen (secondary N) is 1. The van der Waals surface area contributed by atoms with E-state index in [1.807, 2.05) is 12.1 Å². The highest BCUT2D eigenvalue weighted by Gasteiger charge is 2.14. The van der Waals surface area contributed by atoms with Crippen LogP contribution in [0.4, 0.5) is 0 Å². The second-order valence-corrected chi connectivity index (χ2v) is 3.69. The summed E-state index contributed by atoms with van der Waals surface area (Å²) < 4.78 is 5.39. The SMILES string of the molecule is Sc1cccc([C@H]2COCCN2)c1. The van der Waals surface area contributed by atoms with Crippen LogP contribution in [-0.4, -0.2) is 19.8 Å². The van der Waals surface area contributed by atoms with Crippen molar-refractivity contribution in [2.24, 2.45) is 0 Å². The minimum absolute atomic E-state index is 0.334. The summed E-state index contributed by atoms with van der Waals surface area (Å²) in [4.78, 5) is 1.00. The van der Waals surface area contributed by atoms with E-state index in [0.717, 1.165) is 24.7 Å². The molecule has 0 bridgehead atoms. The minimum Gasteiger partial charge on any atom is -0.378 e. The third-order valence-corrected chi connectivity index (χ3v) is 2.47. The van der Waals surface area contributed by atoms with Gasteiger partial charge in [-0.2, -0.15) is 0 Å². The Morgan fingerprint density at radius 2 is 2.38 bits per heavy atom. The Bertz CT molecular complexity index is 284. The van der Waals surface area contributed by atoms with Gasteiger partial charge in [-0.1, -0.05) is 12.1 Å². The fourth-order valence-electron chi connectivity index (χ4n) is 1.52. The van der Waals surface area contributed by atoms with Gasteiger partial charge in [0.15, 0.2) is 0 Å². The fourth-order valence-corrected chi connectivity index (χ4v) is 1.76. The van der Waals surface area contributed by atoms with Gasteiger partial charge in [0.1, 0.15) is 0 Å². The van der Waals surface area contributed by atoms with Gasteiger partial charge in [0.25, 0.3) is 0 Å². The normalized spacial score (nSPS) is 23.0. The number of benzene rings is 1. The van der Waals surface area contributed by atoms with Gasteiger partial charge < -0.3 is 10.1 Å². The van der Waals surface area contributed by atoms with E-state index in [4.69, 9.17) is 4.74 Å². The lowest BCUT2D eigenvalue weighted by Gasteiger charge is -2.24. The molecule has 1 atom stereocenters. The lowest BCUT2D eigenvalue weighted by atomic mass is 10.1. The predicted octanol–water partition coefficient (Wildman–Crippen LogP) is 1.64. The molecular formula is C10H13NOS. The Morgan fingerprint density at radius 3 is 3.08 bits per heavy atom. The Labute approximate surface area is 83.7 Å². The number of rotatable bonds is 1. The van der Waals surface area contributed by atoms with E-state index in [1.54, 1.807) is 0 Å². The summed E-state index contributed by atoms with van der Waals surface area (Å²) in [5, 5.41) is 3.40. The summed E-state index contributed by atoms with van der Waals surface area (Å²) in [6.07, 6.45) is 0. The van der Waals surface area contributed by atoms with E-state index in [2.05, 4.69) is 30.1 Å².